The molecule has 4 nitrogen and oxygen atoms in total. The number of rotatable bonds is 5. The number of benzene rings is 1. The monoisotopic (exact) mass is 313 g/mol. The summed E-state index contributed by atoms with van der Waals surface area (Å²) < 4.78 is 1.65. The normalized spacial score (nSPS) is 11.0. The van der Waals surface area contributed by atoms with E-state index in [1.54, 1.807) is 35.3 Å². The van der Waals surface area contributed by atoms with E-state index in [1.807, 2.05) is 12.3 Å². The van der Waals surface area contributed by atoms with E-state index in [1.165, 1.54) is 5.56 Å². The summed E-state index contributed by atoms with van der Waals surface area (Å²) in [6.45, 7) is 0.661. The van der Waals surface area contributed by atoms with Crippen molar-refractivity contribution in [3.05, 3.63) is 70.0 Å². The van der Waals surface area contributed by atoms with E-state index in [0.717, 1.165) is 19.3 Å². The maximum Gasteiger partial charge on any atom is 0.261 e. The first kappa shape index (κ1) is 14.7. The molecule has 112 valence electrons. The van der Waals surface area contributed by atoms with Crippen molar-refractivity contribution in [2.24, 2.45) is 0 Å². The molecule has 0 spiro atoms. The zero-order valence-corrected chi connectivity index (χ0v) is 12.8. The second kappa shape index (κ2) is 6.71. The lowest BCUT2D eigenvalue weighted by molar-refractivity contribution is 0.589. The van der Waals surface area contributed by atoms with Gasteiger partial charge in [0.2, 0.25) is 0 Å². The number of pyridine rings is 1. The van der Waals surface area contributed by atoms with Gasteiger partial charge in [-0.2, -0.15) is 0 Å². The van der Waals surface area contributed by atoms with Gasteiger partial charge in [0.15, 0.2) is 0 Å². The zero-order valence-electron chi connectivity index (χ0n) is 12.1. The van der Waals surface area contributed by atoms with E-state index in [9.17, 15) is 4.79 Å². The van der Waals surface area contributed by atoms with Gasteiger partial charge in [-0.15, -0.1) is 0 Å². The predicted molar refractivity (Wildman–Crippen MR) is 88.2 cm³/mol. The topological polar surface area (TPSA) is 47.8 Å². The van der Waals surface area contributed by atoms with Gasteiger partial charge in [0, 0.05) is 24.0 Å². The fourth-order valence-corrected chi connectivity index (χ4v) is 2.62. The molecular weight excluding hydrogens is 298 g/mol. The maximum absolute atomic E-state index is 12.4. The maximum atomic E-state index is 12.4. The highest BCUT2D eigenvalue weighted by atomic mass is 35.5. The molecule has 0 saturated heterocycles. The van der Waals surface area contributed by atoms with Gasteiger partial charge in [-0.3, -0.25) is 14.3 Å². The molecule has 0 atom stereocenters. The van der Waals surface area contributed by atoms with Crippen LogP contribution < -0.4 is 5.56 Å². The smallest absolute Gasteiger partial charge is 0.261 e. The van der Waals surface area contributed by atoms with Gasteiger partial charge in [-0.05, 0) is 49.1 Å². The van der Waals surface area contributed by atoms with Crippen LogP contribution in [0.2, 0.25) is 5.02 Å². The van der Waals surface area contributed by atoms with Gasteiger partial charge in [0.25, 0.3) is 5.56 Å². The predicted octanol–water partition coefficient (Wildman–Crippen LogP) is 3.47. The van der Waals surface area contributed by atoms with E-state index < -0.39 is 0 Å². The van der Waals surface area contributed by atoms with Crippen LogP contribution in [-0.2, 0) is 13.0 Å². The zero-order chi connectivity index (χ0) is 15.4. The minimum atomic E-state index is -0.0334. The fourth-order valence-electron chi connectivity index (χ4n) is 2.45. The molecular formula is C17H16ClN3O. The molecule has 0 aliphatic heterocycles. The Hall–Kier alpha value is -2.20. The summed E-state index contributed by atoms with van der Waals surface area (Å²) in [5.41, 5.74) is 1.87. The van der Waals surface area contributed by atoms with Gasteiger partial charge >= 0.3 is 0 Å². The van der Waals surface area contributed by atoms with Crippen molar-refractivity contribution in [3.63, 3.8) is 0 Å². The summed E-state index contributed by atoms with van der Waals surface area (Å²) in [4.78, 5) is 20.8. The van der Waals surface area contributed by atoms with Crippen molar-refractivity contribution in [1.29, 1.82) is 0 Å². The first-order valence-corrected chi connectivity index (χ1v) is 7.65. The van der Waals surface area contributed by atoms with Crippen LogP contribution in [0.4, 0.5) is 0 Å². The van der Waals surface area contributed by atoms with Crippen molar-refractivity contribution in [2.75, 3.05) is 0 Å². The van der Waals surface area contributed by atoms with Gasteiger partial charge in [-0.1, -0.05) is 17.7 Å². The standard InChI is InChI=1S/C17H16ClN3O/c18-14-6-7-16-15(10-14)17(22)21(12-20-16)9-2-1-4-13-5-3-8-19-11-13/h3,5-8,10-12H,1-2,4,9H2. The van der Waals surface area contributed by atoms with Gasteiger partial charge < -0.3 is 0 Å². The Kier molecular flexibility index (Phi) is 4.49. The molecule has 0 saturated carbocycles. The highest BCUT2D eigenvalue weighted by molar-refractivity contribution is 6.31. The summed E-state index contributed by atoms with van der Waals surface area (Å²) >= 11 is 5.96. The van der Waals surface area contributed by atoms with Crippen LogP contribution in [0.1, 0.15) is 18.4 Å². The second-order valence-electron chi connectivity index (χ2n) is 5.22. The fraction of sp³-hybridized carbons (Fsp3) is 0.235. The van der Waals surface area contributed by atoms with Crippen LogP contribution in [0.5, 0.6) is 0 Å². The number of unbranched alkanes of at least 4 members (excludes halogenated alkanes) is 1. The summed E-state index contributed by atoms with van der Waals surface area (Å²) in [7, 11) is 0. The molecule has 2 heterocycles. The third kappa shape index (κ3) is 3.34. The van der Waals surface area contributed by atoms with Crippen LogP contribution in [0.3, 0.4) is 0 Å². The largest absolute Gasteiger partial charge is 0.299 e. The minimum absolute atomic E-state index is 0.0334. The Morgan fingerprint density at radius 1 is 1.18 bits per heavy atom. The van der Waals surface area contributed by atoms with E-state index in [-0.39, 0.29) is 5.56 Å². The number of aryl methyl sites for hydroxylation is 2. The number of fused-ring (bicyclic) bond motifs is 1. The molecule has 22 heavy (non-hydrogen) atoms. The van der Waals surface area contributed by atoms with Crippen molar-refractivity contribution >= 4 is 22.5 Å². The second-order valence-corrected chi connectivity index (χ2v) is 5.66. The Morgan fingerprint density at radius 3 is 2.91 bits per heavy atom. The molecule has 2 aromatic heterocycles. The summed E-state index contributed by atoms with van der Waals surface area (Å²) in [6, 6.07) is 9.20. The minimum Gasteiger partial charge on any atom is -0.299 e. The highest BCUT2D eigenvalue weighted by Gasteiger charge is 2.04. The molecule has 0 N–H and O–H groups in total. The van der Waals surface area contributed by atoms with Crippen LogP contribution in [0, 0.1) is 0 Å². The van der Waals surface area contributed by atoms with Crippen molar-refractivity contribution < 1.29 is 0 Å². The van der Waals surface area contributed by atoms with Crippen LogP contribution in [0.25, 0.3) is 10.9 Å². The number of halogens is 1. The van der Waals surface area contributed by atoms with E-state index in [2.05, 4.69) is 16.0 Å². The van der Waals surface area contributed by atoms with Crippen molar-refractivity contribution in [2.45, 2.75) is 25.8 Å². The van der Waals surface area contributed by atoms with E-state index in [0.29, 0.717) is 22.5 Å². The quantitative estimate of drug-likeness (QED) is 0.678. The van der Waals surface area contributed by atoms with Crippen LogP contribution in [-0.4, -0.2) is 14.5 Å². The molecule has 1 aromatic carbocycles. The molecule has 0 bridgehead atoms. The van der Waals surface area contributed by atoms with Gasteiger partial charge in [-0.25, -0.2) is 4.98 Å². The van der Waals surface area contributed by atoms with Crippen LogP contribution in [0.15, 0.2) is 53.8 Å². The first-order chi connectivity index (χ1) is 10.7. The molecule has 0 unspecified atom stereocenters. The summed E-state index contributed by atoms with van der Waals surface area (Å²) in [5, 5.41) is 1.13. The van der Waals surface area contributed by atoms with Crippen molar-refractivity contribution in [1.82, 2.24) is 14.5 Å². The molecule has 0 aliphatic rings. The van der Waals surface area contributed by atoms with Gasteiger partial charge in [0.05, 0.1) is 17.2 Å². The van der Waals surface area contributed by atoms with Gasteiger partial charge in [0.1, 0.15) is 0 Å². The third-order valence-corrected chi connectivity index (χ3v) is 3.86. The SMILES string of the molecule is O=c1c2cc(Cl)ccc2ncn1CCCCc1cccnc1. The average molecular weight is 314 g/mol. The molecule has 3 rings (SSSR count). The van der Waals surface area contributed by atoms with E-state index >= 15 is 0 Å². The number of hydrogen-bond acceptors (Lipinski definition) is 3. The van der Waals surface area contributed by atoms with Crippen molar-refractivity contribution in [3.8, 4) is 0 Å². The number of nitrogens with zero attached hydrogens (tertiary/aromatic N) is 3. The number of aromatic nitrogens is 3. The highest BCUT2D eigenvalue weighted by Crippen LogP contribution is 2.14. The number of hydrogen-bond donors (Lipinski definition) is 0. The summed E-state index contributed by atoms with van der Waals surface area (Å²) in [5.74, 6) is 0. The third-order valence-electron chi connectivity index (χ3n) is 3.62. The lowest BCUT2D eigenvalue weighted by atomic mass is 10.1. The van der Waals surface area contributed by atoms with Crippen LogP contribution >= 0.6 is 11.6 Å². The first-order valence-electron chi connectivity index (χ1n) is 7.27. The molecule has 0 radical (unpaired) electrons. The molecule has 0 amide bonds. The average Bonchev–Trinajstić information content (AvgIpc) is 2.55. The Bertz CT molecular complexity index is 830. The summed E-state index contributed by atoms with van der Waals surface area (Å²) in [6.07, 6.45) is 8.16. The lowest BCUT2D eigenvalue weighted by Gasteiger charge is -2.07. The molecule has 5 heteroatoms. The van der Waals surface area contributed by atoms with E-state index in [4.69, 9.17) is 11.6 Å². The Morgan fingerprint density at radius 2 is 2.09 bits per heavy atom. The molecule has 0 fully saturated rings. The molecule has 0 aliphatic carbocycles. The molecule has 3 aromatic rings. The Labute approximate surface area is 133 Å². The Balaban J connectivity index is 1.67. The lowest BCUT2D eigenvalue weighted by Crippen LogP contribution is -2.20.